The van der Waals surface area contributed by atoms with E-state index in [1.165, 1.54) is 22.9 Å². The number of aromatic hydroxyl groups is 1. The molecule has 2 heterocycles. The number of hydrogen-bond donors (Lipinski definition) is 1. The topological polar surface area (TPSA) is 69.3 Å². The molecule has 2 aromatic carbocycles. The standard InChI is InChI=1S/C21H15ClF3N3O3/c1-12-19(29)28(13-6-8-14(9-7-13)31-21(23,24)25)20(30)27(12)11-16-15-4-2-3-5-18(15)26-10-17(16)22/h2-10,29H,11H2,1H3. The fourth-order valence-electron chi connectivity index (χ4n) is 3.35. The van der Waals surface area contributed by atoms with Crippen molar-refractivity contribution in [2.45, 2.75) is 19.8 Å². The molecule has 0 saturated heterocycles. The molecule has 160 valence electrons. The number of nitrogens with zero attached hydrogens (tertiary/aromatic N) is 3. The highest BCUT2D eigenvalue weighted by atomic mass is 35.5. The molecule has 1 N–H and O–H groups in total. The maximum atomic E-state index is 13.1. The lowest BCUT2D eigenvalue weighted by Gasteiger charge is -2.10. The molecule has 0 radical (unpaired) electrons. The third-order valence-corrected chi connectivity index (χ3v) is 5.17. The summed E-state index contributed by atoms with van der Waals surface area (Å²) in [5.41, 5.74) is 1.25. The molecule has 10 heteroatoms. The van der Waals surface area contributed by atoms with Crippen LogP contribution >= 0.6 is 11.6 Å². The van der Waals surface area contributed by atoms with E-state index in [0.717, 1.165) is 22.1 Å². The molecule has 0 amide bonds. The van der Waals surface area contributed by atoms with Gasteiger partial charge in [-0.2, -0.15) is 0 Å². The van der Waals surface area contributed by atoms with Crippen molar-refractivity contribution in [3.63, 3.8) is 0 Å². The van der Waals surface area contributed by atoms with Crippen LogP contribution < -0.4 is 10.4 Å². The molecule has 2 aromatic heterocycles. The Bertz CT molecular complexity index is 1330. The van der Waals surface area contributed by atoms with Crippen LogP contribution in [0.1, 0.15) is 11.3 Å². The van der Waals surface area contributed by atoms with Crippen LogP contribution in [-0.4, -0.2) is 25.6 Å². The predicted octanol–water partition coefficient (Wildman–Crippen LogP) is 4.80. The maximum absolute atomic E-state index is 13.1. The number of alkyl halides is 3. The third-order valence-electron chi connectivity index (χ3n) is 4.84. The van der Waals surface area contributed by atoms with Gasteiger partial charge in [0.15, 0.2) is 0 Å². The second kappa shape index (κ2) is 7.66. The average molecular weight is 450 g/mol. The molecule has 0 spiro atoms. The summed E-state index contributed by atoms with van der Waals surface area (Å²) < 4.78 is 43.3. The zero-order chi connectivity index (χ0) is 22.3. The third kappa shape index (κ3) is 3.96. The monoisotopic (exact) mass is 449 g/mol. The molecule has 0 aliphatic carbocycles. The molecule has 4 rings (SSSR count). The summed E-state index contributed by atoms with van der Waals surface area (Å²) >= 11 is 6.34. The molecule has 0 aliphatic rings. The minimum absolute atomic E-state index is 0.0718. The molecule has 6 nitrogen and oxygen atoms in total. The highest BCUT2D eigenvalue weighted by molar-refractivity contribution is 6.32. The summed E-state index contributed by atoms with van der Waals surface area (Å²) in [6, 6.07) is 11.9. The molecule has 0 unspecified atom stereocenters. The van der Waals surface area contributed by atoms with Crippen molar-refractivity contribution in [1.29, 1.82) is 0 Å². The number of pyridine rings is 1. The van der Waals surface area contributed by atoms with Crippen LogP contribution in [0.2, 0.25) is 5.02 Å². The van der Waals surface area contributed by atoms with Crippen molar-refractivity contribution in [2.24, 2.45) is 0 Å². The minimum Gasteiger partial charge on any atom is -0.493 e. The molecular formula is C21H15ClF3N3O3. The second-order valence-corrected chi connectivity index (χ2v) is 7.16. The van der Waals surface area contributed by atoms with Gasteiger partial charge in [0, 0.05) is 17.1 Å². The van der Waals surface area contributed by atoms with E-state index < -0.39 is 17.8 Å². The second-order valence-electron chi connectivity index (χ2n) is 6.76. The van der Waals surface area contributed by atoms with Gasteiger partial charge in [0.1, 0.15) is 5.75 Å². The van der Waals surface area contributed by atoms with Gasteiger partial charge in [-0.3, -0.25) is 9.55 Å². The number of hydrogen-bond acceptors (Lipinski definition) is 4. The lowest BCUT2D eigenvalue weighted by Crippen LogP contribution is -2.24. The van der Waals surface area contributed by atoms with Gasteiger partial charge in [0.05, 0.1) is 28.5 Å². The highest BCUT2D eigenvalue weighted by Gasteiger charge is 2.31. The number of imidazole rings is 1. The van der Waals surface area contributed by atoms with E-state index in [9.17, 15) is 23.1 Å². The predicted molar refractivity (Wildman–Crippen MR) is 109 cm³/mol. The van der Waals surface area contributed by atoms with E-state index in [1.54, 1.807) is 6.92 Å². The quantitative estimate of drug-likeness (QED) is 0.486. The van der Waals surface area contributed by atoms with Crippen LogP contribution in [0, 0.1) is 6.92 Å². The highest BCUT2D eigenvalue weighted by Crippen LogP contribution is 2.28. The van der Waals surface area contributed by atoms with Crippen molar-refractivity contribution < 1.29 is 23.0 Å². The first-order valence-electron chi connectivity index (χ1n) is 9.05. The van der Waals surface area contributed by atoms with Crippen LogP contribution in [0.5, 0.6) is 11.6 Å². The Kier molecular flexibility index (Phi) is 5.14. The van der Waals surface area contributed by atoms with Gasteiger partial charge >= 0.3 is 12.1 Å². The number of fused-ring (bicyclic) bond motifs is 1. The summed E-state index contributed by atoms with van der Waals surface area (Å²) in [5.74, 6) is -0.765. The lowest BCUT2D eigenvalue weighted by molar-refractivity contribution is -0.274. The Labute approximate surface area is 178 Å². The number of aromatic nitrogens is 3. The van der Waals surface area contributed by atoms with Gasteiger partial charge in [-0.15, -0.1) is 13.2 Å². The van der Waals surface area contributed by atoms with Crippen LogP contribution in [0.25, 0.3) is 16.6 Å². The van der Waals surface area contributed by atoms with Crippen LogP contribution in [0.15, 0.2) is 59.5 Å². The summed E-state index contributed by atoms with van der Waals surface area (Å²) in [7, 11) is 0. The number of ether oxygens (including phenoxy) is 1. The first-order chi connectivity index (χ1) is 14.7. The van der Waals surface area contributed by atoms with Crippen LogP contribution in [0.3, 0.4) is 0 Å². The maximum Gasteiger partial charge on any atom is 0.573 e. The van der Waals surface area contributed by atoms with E-state index >= 15 is 0 Å². The molecule has 0 bridgehead atoms. The Morgan fingerprint density at radius 1 is 1.13 bits per heavy atom. The van der Waals surface area contributed by atoms with Gasteiger partial charge in [0.25, 0.3) is 0 Å². The zero-order valence-corrected chi connectivity index (χ0v) is 16.8. The zero-order valence-electron chi connectivity index (χ0n) is 16.0. The molecular weight excluding hydrogens is 435 g/mol. The smallest absolute Gasteiger partial charge is 0.493 e. The lowest BCUT2D eigenvalue weighted by atomic mass is 10.1. The molecule has 0 atom stereocenters. The molecule has 31 heavy (non-hydrogen) atoms. The SMILES string of the molecule is Cc1c(O)n(-c2ccc(OC(F)(F)F)cc2)c(=O)n1Cc1c(Cl)cnc2ccccc12. The van der Waals surface area contributed by atoms with Gasteiger partial charge in [-0.25, -0.2) is 9.36 Å². The van der Waals surface area contributed by atoms with E-state index in [1.807, 2.05) is 24.3 Å². The van der Waals surface area contributed by atoms with E-state index in [0.29, 0.717) is 16.1 Å². The normalized spacial score (nSPS) is 11.8. The number of benzene rings is 2. The summed E-state index contributed by atoms with van der Waals surface area (Å²) in [4.78, 5) is 17.3. The van der Waals surface area contributed by atoms with Gasteiger partial charge in [-0.1, -0.05) is 29.8 Å². The number of halogens is 4. The Morgan fingerprint density at radius 2 is 1.81 bits per heavy atom. The van der Waals surface area contributed by atoms with Crippen molar-refractivity contribution in [3.8, 4) is 17.3 Å². The average Bonchev–Trinajstić information content (AvgIpc) is 2.93. The Morgan fingerprint density at radius 3 is 2.48 bits per heavy atom. The first kappa shape index (κ1) is 20.8. The van der Waals surface area contributed by atoms with Crippen molar-refractivity contribution >= 4 is 22.5 Å². The van der Waals surface area contributed by atoms with Crippen molar-refractivity contribution in [2.75, 3.05) is 0 Å². The summed E-state index contributed by atoms with van der Waals surface area (Å²) in [6.45, 7) is 1.63. The fourth-order valence-corrected chi connectivity index (χ4v) is 3.56. The van der Waals surface area contributed by atoms with Gasteiger partial charge in [0.2, 0.25) is 5.88 Å². The van der Waals surface area contributed by atoms with E-state index in [2.05, 4.69) is 9.72 Å². The minimum atomic E-state index is -4.83. The Hall–Kier alpha value is -3.46. The molecule has 0 saturated carbocycles. The first-order valence-corrected chi connectivity index (χ1v) is 9.43. The van der Waals surface area contributed by atoms with Gasteiger partial charge < -0.3 is 9.84 Å². The number of rotatable bonds is 4. The fraction of sp³-hybridized carbons (Fsp3) is 0.143. The van der Waals surface area contributed by atoms with E-state index in [-0.39, 0.29) is 23.8 Å². The molecule has 0 fully saturated rings. The number of para-hydroxylation sites is 1. The largest absolute Gasteiger partial charge is 0.573 e. The Balaban J connectivity index is 1.76. The summed E-state index contributed by atoms with van der Waals surface area (Å²) in [5, 5.41) is 11.7. The summed E-state index contributed by atoms with van der Waals surface area (Å²) in [6.07, 6.45) is -3.33. The van der Waals surface area contributed by atoms with Crippen molar-refractivity contribution in [3.05, 3.63) is 81.5 Å². The van der Waals surface area contributed by atoms with Crippen LogP contribution in [0.4, 0.5) is 13.2 Å². The van der Waals surface area contributed by atoms with Crippen LogP contribution in [-0.2, 0) is 6.54 Å². The molecule has 4 aromatic rings. The molecule has 0 aliphatic heterocycles. The van der Waals surface area contributed by atoms with Gasteiger partial charge in [-0.05, 0) is 37.3 Å². The van der Waals surface area contributed by atoms with Crippen molar-refractivity contribution in [1.82, 2.24) is 14.1 Å². The van der Waals surface area contributed by atoms with E-state index in [4.69, 9.17) is 11.6 Å².